The van der Waals surface area contributed by atoms with E-state index in [0.717, 1.165) is 29.9 Å². The lowest BCUT2D eigenvalue weighted by Crippen LogP contribution is -2.51. The van der Waals surface area contributed by atoms with Crippen molar-refractivity contribution in [3.63, 3.8) is 0 Å². The Kier molecular flexibility index (Phi) is 7.10. The molecular formula is C31H34N4O4S. The van der Waals surface area contributed by atoms with Crippen LogP contribution in [0.25, 0.3) is 16.7 Å². The zero-order valence-electron chi connectivity index (χ0n) is 22.8. The molecule has 0 unspecified atom stereocenters. The fraction of sp³-hybridized carbons (Fsp3) is 0.387. The molecule has 1 amide bonds. The topological polar surface area (TPSA) is 89.6 Å². The lowest BCUT2D eigenvalue weighted by Gasteiger charge is -2.41. The van der Waals surface area contributed by atoms with Crippen LogP contribution in [-0.2, 0) is 11.3 Å². The lowest BCUT2D eigenvalue weighted by molar-refractivity contribution is -0.140. The maximum atomic E-state index is 13.7. The van der Waals surface area contributed by atoms with Gasteiger partial charge in [-0.15, -0.1) is 0 Å². The zero-order chi connectivity index (χ0) is 27.9. The van der Waals surface area contributed by atoms with E-state index in [1.807, 2.05) is 39.9 Å². The Morgan fingerprint density at radius 1 is 1.18 bits per heavy atom. The van der Waals surface area contributed by atoms with Crippen LogP contribution in [0.2, 0.25) is 0 Å². The first kappa shape index (κ1) is 26.5. The number of nitrogens with zero attached hydrogens (tertiary/aromatic N) is 4. The molecule has 6 rings (SSSR count). The molecule has 1 aliphatic heterocycles. The quantitative estimate of drug-likeness (QED) is 0.345. The van der Waals surface area contributed by atoms with Crippen molar-refractivity contribution in [1.82, 2.24) is 19.0 Å². The summed E-state index contributed by atoms with van der Waals surface area (Å²) < 4.78 is 8.60. The van der Waals surface area contributed by atoms with Gasteiger partial charge in [0, 0.05) is 30.9 Å². The summed E-state index contributed by atoms with van der Waals surface area (Å²) in [6, 6.07) is 11.5. The first-order valence-corrected chi connectivity index (χ1v) is 14.7. The second-order valence-electron chi connectivity index (χ2n) is 11.0. The van der Waals surface area contributed by atoms with Gasteiger partial charge < -0.3 is 19.3 Å². The molecule has 4 heterocycles. The molecule has 8 nitrogen and oxygen atoms in total. The smallest absolute Gasteiger partial charge is 0.262 e. The maximum Gasteiger partial charge on any atom is 0.262 e. The van der Waals surface area contributed by atoms with Crippen LogP contribution in [0.3, 0.4) is 0 Å². The van der Waals surface area contributed by atoms with Gasteiger partial charge in [0.2, 0.25) is 5.91 Å². The molecule has 3 aromatic heterocycles. The van der Waals surface area contributed by atoms with E-state index in [2.05, 4.69) is 34.8 Å². The lowest BCUT2D eigenvalue weighted by atomic mass is 9.75. The predicted molar refractivity (Wildman–Crippen MR) is 156 cm³/mol. The highest BCUT2D eigenvalue weighted by Crippen LogP contribution is 2.40. The summed E-state index contributed by atoms with van der Waals surface area (Å²) in [7, 11) is 1.62. The Morgan fingerprint density at radius 2 is 1.95 bits per heavy atom. The van der Waals surface area contributed by atoms with Gasteiger partial charge in [0.15, 0.2) is 5.65 Å². The number of rotatable bonds is 6. The number of carbonyl (C=O) groups excluding carboxylic acids is 1. The van der Waals surface area contributed by atoms with Crippen molar-refractivity contribution in [2.75, 3.05) is 20.2 Å². The number of fused-ring (bicyclic) bond motifs is 1. The van der Waals surface area contributed by atoms with Crippen molar-refractivity contribution in [2.45, 2.75) is 50.7 Å². The summed E-state index contributed by atoms with van der Waals surface area (Å²) in [4.78, 5) is 33.6. The van der Waals surface area contributed by atoms with Crippen LogP contribution in [-0.4, -0.2) is 55.8 Å². The van der Waals surface area contributed by atoms with Gasteiger partial charge >= 0.3 is 0 Å². The highest BCUT2D eigenvalue weighted by Gasteiger charge is 2.40. The molecule has 1 aliphatic carbocycles. The van der Waals surface area contributed by atoms with E-state index in [1.165, 1.54) is 16.5 Å². The summed E-state index contributed by atoms with van der Waals surface area (Å²) in [6.45, 7) is 3.14. The number of likely N-dealkylation sites (tertiary alicyclic amines) is 1. The van der Waals surface area contributed by atoms with Crippen LogP contribution in [0.5, 0.6) is 5.75 Å². The largest absolute Gasteiger partial charge is 0.497 e. The number of piperidine rings is 1. The first-order valence-electron chi connectivity index (χ1n) is 13.8. The summed E-state index contributed by atoms with van der Waals surface area (Å²) >= 11 is 1.67. The molecule has 1 saturated heterocycles. The average Bonchev–Trinajstić information content (AvgIpc) is 3.66. The van der Waals surface area contributed by atoms with Crippen molar-refractivity contribution >= 4 is 28.3 Å². The fourth-order valence-electron chi connectivity index (χ4n) is 6.25. The second kappa shape index (κ2) is 10.7. The summed E-state index contributed by atoms with van der Waals surface area (Å²) in [6.07, 6.45) is 8.33. The van der Waals surface area contributed by atoms with Gasteiger partial charge in [-0.25, -0.2) is 4.98 Å². The molecule has 0 bridgehead atoms. The molecule has 1 N–H and O–H groups in total. The molecular weight excluding hydrogens is 524 g/mol. The Hall–Kier alpha value is -3.69. The van der Waals surface area contributed by atoms with E-state index >= 15 is 0 Å². The predicted octanol–water partition coefficient (Wildman–Crippen LogP) is 4.75. The summed E-state index contributed by atoms with van der Waals surface area (Å²) in [5.74, 6) is 0.945. The molecule has 0 spiro atoms. The third kappa shape index (κ3) is 4.88. The number of hydrogen-bond donors (Lipinski definition) is 1. The van der Waals surface area contributed by atoms with Crippen LogP contribution in [0.15, 0.2) is 76.1 Å². The SMILES string of the molecule is COc1ccc(-n2ccc3c(=O)n(CC4(O)CCN(C(=O)[C@@H]5C(C)=CCC[C@H]5c5ccsc5)CC4)cnc32)cc1. The van der Waals surface area contributed by atoms with Crippen LogP contribution >= 0.6 is 11.3 Å². The van der Waals surface area contributed by atoms with Crippen molar-refractivity contribution < 1.29 is 14.6 Å². The van der Waals surface area contributed by atoms with Gasteiger partial charge in [-0.3, -0.25) is 14.2 Å². The molecule has 2 atom stereocenters. The third-order valence-electron chi connectivity index (χ3n) is 8.57. The van der Waals surface area contributed by atoms with Gasteiger partial charge in [-0.05, 0) is 85.3 Å². The van der Waals surface area contributed by atoms with Gasteiger partial charge in [0.05, 0.1) is 30.6 Å². The Bertz CT molecular complexity index is 1590. The number of allylic oxidation sites excluding steroid dienone is 1. The molecule has 9 heteroatoms. The molecule has 2 aliphatic rings. The van der Waals surface area contributed by atoms with Gasteiger partial charge in [-0.1, -0.05) is 11.6 Å². The van der Waals surface area contributed by atoms with E-state index in [-0.39, 0.29) is 29.8 Å². The van der Waals surface area contributed by atoms with Crippen molar-refractivity contribution in [2.24, 2.45) is 5.92 Å². The second-order valence-corrected chi connectivity index (χ2v) is 11.8. The third-order valence-corrected chi connectivity index (χ3v) is 9.27. The Morgan fingerprint density at radius 3 is 2.65 bits per heavy atom. The number of methoxy groups -OCH3 is 1. The van der Waals surface area contributed by atoms with Crippen molar-refractivity contribution in [3.05, 3.63) is 87.2 Å². The fourth-order valence-corrected chi connectivity index (χ4v) is 6.97. The molecule has 0 saturated carbocycles. The number of aromatic nitrogens is 3. The molecule has 208 valence electrons. The van der Waals surface area contributed by atoms with E-state index in [0.29, 0.717) is 37.0 Å². The van der Waals surface area contributed by atoms with Gasteiger partial charge in [-0.2, -0.15) is 11.3 Å². The number of carbonyl (C=O) groups is 1. The van der Waals surface area contributed by atoms with E-state index in [9.17, 15) is 14.7 Å². The highest BCUT2D eigenvalue weighted by molar-refractivity contribution is 7.08. The molecule has 1 aromatic carbocycles. The van der Waals surface area contributed by atoms with Crippen molar-refractivity contribution in [3.8, 4) is 11.4 Å². The summed E-state index contributed by atoms with van der Waals surface area (Å²) in [5, 5.41) is 16.2. The van der Waals surface area contributed by atoms with Crippen molar-refractivity contribution in [1.29, 1.82) is 0 Å². The number of hydrogen-bond acceptors (Lipinski definition) is 6. The Labute approximate surface area is 237 Å². The van der Waals surface area contributed by atoms with Crippen LogP contribution in [0.4, 0.5) is 0 Å². The normalized spacial score (nSPS) is 20.9. The number of benzene rings is 1. The maximum absolute atomic E-state index is 13.7. The highest BCUT2D eigenvalue weighted by atomic mass is 32.1. The van der Waals surface area contributed by atoms with E-state index in [1.54, 1.807) is 24.5 Å². The number of thiophene rings is 1. The standard InChI is InChI=1S/C31H34N4O4S/c1-21-4-3-5-25(22-11-17-40-18-22)27(21)30(37)33-15-12-31(38,13-16-33)19-34-20-32-28-26(29(34)36)10-14-35(28)23-6-8-24(39-2)9-7-23/h4,6-11,14,17-18,20,25,27,38H,3,5,12-13,15-16,19H2,1-2H3/t25-,27+/m0/s1. The van der Waals surface area contributed by atoms with Crippen LogP contribution in [0, 0.1) is 5.92 Å². The number of aliphatic hydroxyl groups is 1. The Balaban J connectivity index is 1.16. The first-order chi connectivity index (χ1) is 19.4. The molecule has 4 aromatic rings. The zero-order valence-corrected chi connectivity index (χ0v) is 23.6. The van der Waals surface area contributed by atoms with E-state index < -0.39 is 5.60 Å². The van der Waals surface area contributed by atoms with Gasteiger partial charge in [0.1, 0.15) is 12.1 Å². The molecule has 40 heavy (non-hydrogen) atoms. The van der Waals surface area contributed by atoms with E-state index in [4.69, 9.17) is 4.74 Å². The molecule has 1 fully saturated rings. The van der Waals surface area contributed by atoms with Crippen LogP contribution < -0.4 is 10.3 Å². The average molecular weight is 559 g/mol. The summed E-state index contributed by atoms with van der Waals surface area (Å²) in [5.41, 5.74) is 2.55. The minimum absolute atomic E-state index is 0.143. The van der Waals surface area contributed by atoms with Crippen LogP contribution in [0.1, 0.15) is 44.1 Å². The molecule has 0 radical (unpaired) electrons. The number of ether oxygens (including phenoxy) is 1. The minimum Gasteiger partial charge on any atom is -0.497 e. The minimum atomic E-state index is -1.08. The monoisotopic (exact) mass is 558 g/mol. The number of amides is 1. The van der Waals surface area contributed by atoms with Gasteiger partial charge in [0.25, 0.3) is 5.56 Å².